The number of rotatable bonds is 5. The third kappa shape index (κ3) is 5.06. The van der Waals surface area contributed by atoms with E-state index >= 15 is 0 Å². The fourth-order valence-electron chi connectivity index (χ4n) is 6.10. The summed E-state index contributed by atoms with van der Waals surface area (Å²) in [5, 5.41) is 12.3. The van der Waals surface area contributed by atoms with Gasteiger partial charge in [-0.2, -0.15) is 0 Å². The lowest BCUT2D eigenvalue weighted by molar-refractivity contribution is -0.139. The predicted molar refractivity (Wildman–Crippen MR) is 133 cm³/mol. The predicted octanol–water partition coefficient (Wildman–Crippen LogP) is 1.81. The smallest absolute Gasteiger partial charge is 0.265 e. The first-order valence-corrected chi connectivity index (χ1v) is 14.2. The number of hydrogen-bond acceptors (Lipinski definition) is 7. The van der Waals surface area contributed by atoms with E-state index in [2.05, 4.69) is 29.0 Å². The van der Waals surface area contributed by atoms with Gasteiger partial charge in [-0.15, -0.1) is 0 Å². The highest BCUT2D eigenvalue weighted by Gasteiger charge is 2.51. The Morgan fingerprint density at radius 2 is 1.60 bits per heavy atom. The molecular weight excluding hydrogens is 468 g/mol. The average molecular weight is 507 g/mol. The average Bonchev–Trinajstić information content (AvgIpc) is 2.87. The molecule has 3 fully saturated rings. The van der Waals surface area contributed by atoms with Gasteiger partial charge in [-0.05, 0) is 81.3 Å². The number of nitrogens with one attached hydrogen (secondary N) is 2. The van der Waals surface area contributed by atoms with Crippen LogP contribution in [-0.2, 0) is 19.4 Å². The molecule has 0 bridgehead atoms. The molecule has 194 valence electrons. The van der Waals surface area contributed by atoms with Crippen molar-refractivity contribution in [1.82, 2.24) is 15.7 Å². The summed E-state index contributed by atoms with van der Waals surface area (Å²) >= 11 is 0. The largest absolute Gasteiger partial charge is 0.371 e. The second-order valence-corrected chi connectivity index (χ2v) is 12.9. The van der Waals surface area contributed by atoms with Crippen LogP contribution < -0.4 is 15.7 Å². The molecule has 0 spiro atoms. The molecule has 0 saturated carbocycles. The SMILES string of the molecule is C[C@@H]1C[C@H](C)CN(C(=O)C2CCN(c3ccc(S(=O)(=O)C4(C(=O)NO)CCNCC4)cc3)CC2)C1. The van der Waals surface area contributed by atoms with Gasteiger partial charge in [0.05, 0.1) is 4.90 Å². The van der Waals surface area contributed by atoms with Crippen molar-refractivity contribution >= 4 is 27.3 Å². The zero-order valence-electron chi connectivity index (χ0n) is 20.7. The van der Waals surface area contributed by atoms with E-state index in [0.29, 0.717) is 24.9 Å². The summed E-state index contributed by atoms with van der Waals surface area (Å²) in [5.74, 6) is 0.529. The molecule has 1 aromatic rings. The maximum Gasteiger partial charge on any atom is 0.265 e. The zero-order valence-corrected chi connectivity index (χ0v) is 21.5. The molecule has 35 heavy (non-hydrogen) atoms. The number of piperidine rings is 3. The van der Waals surface area contributed by atoms with Gasteiger partial charge in [0.15, 0.2) is 14.6 Å². The van der Waals surface area contributed by atoms with E-state index in [0.717, 1.165) is 44.7 Å². The summed E-state index contributed by atoms with van der Waals surface area (Å²) in [4.78, 5) is 29.9. The van der Waals surface area contributed by atoms with E-state index in [1.54, 1.807) is 29.7 Å². The minimum atomic E-state index is -4.00. The normalized spacial score (nSPS) is 25.8. The Kier molecular flexibility index (Phi) is 7.73. The van der Waals surface area contributed by atoms with Crippen molar-refractivity contribution in [2.24, 2.45) is 17.8 Å². The number of sulfone groups is 1. The van der Waals surface area contributed by atoms with Gasteiger partial charge >= 0.3 is 0 Å². The number of likely N-dealkylation sites (tertiary alicyclic amines) is 1. The van der Waals surface area contributed by atoms with Crippen LogP contribution in [0, 0.1) is 17.8 Å². The molecule has 3 aliphatic heterocycles. The van der Waals surface area contributed by atoms with Crippen LogP contribution in [0.2, 0.25) is 0 Å². The monoisotopic (exact) mass is 506 g/mol. The quantitative estimate of drug-likeness (QED) is 0.412. The Labute approximate surface area is 208 Å². The van der Waals surface area contributed by atoms with Crippen LogP contribution in [0.4, 0.5) is 5.69 Å². The van der Waals surface area contributed by atoms with Gasteiger partial charge in [0.25, 0.3) is 5.91 Å². The molecule has 9 nitrogen and oxygen atoms in total. The summed E-state index contributed by atoms with van der Waals surface area (Å²) in [6, 6.07) is 6.64. The third-order valence-electron chi connectivity index (χ3n) is 7.98. The third-order valence-corrected chi connectivity index (χ3v) is 10.5. The molecule has 0 aliphatic carbocycles. The summed E-state index contributed by atoms with van der Waals surface area (Å²) in [6.45, 7) is 8.38. The van der Waals surface area contributed by atoms with E-state index < -0.39 is 20.5 Å². The van der Waals surface area contributed by atoms with Gasteiger partial charge < -0.3 is 15.1 Å². The molecule has 10 heteroatoms. The summed E-state index contributed by atoms with van der Waals surface area (Å²) in [5.41, 5.74) is 2.47. The Morgan fingerprint density at radius 1 is 1.03 bits per heavy atom. The molecular formula is C25H38N4O5S. The van der Waals surface area contributed by atoms with E-state index in [1.807, 2.05) is 0 Å². The molecule has 0 aromatic heterocycles. The second-order valence-electron chi connectivity index (χ2n) is 10.6. The van der Waals surface area contributed by atoms with Crippen molar-refractivity contribution < 1.29 is 23.2 Å². The van der Waals surface area contributed by atoms with Gasteiger partial charge in [0.1, 0.15) is 0 Å². The maximum atomic E-state index is 13.5. The van der Waals surface area contributed by atoms with Crippen molar-refractivity contribution in [2.75, 3.05) is 44.2 Å². The number of amides is 2. The van der Waals surface area contributed by atoms with Crippen molar-refractivity contribution in [2.45, 2.75) is 55.6 Å². The van der Waals surface area contributed by atoms with Gasteiger partial charge in [0, 0.05) is 37.8 Å². The number of hydrogen-bond donors (Lipinski definition) is 3. The number of hydroxylamine groups is 1. The fourth-order valence-corrected chi connectivity index (χ4v) is 8.07. The number of carbonyl (C=O) groups excluding carboxylic acids is 2. The summed E-state index contributed by atoms with van der Waals surface area (Å²) in [6.07, 6.45) is 2.94. The van der Waals surface area contributed by atoms with Crippen molar-refractivity contribution in [1.29, 1.82) is 0 Å². The minimum Gasteiger partial charge on any atom is -0.371 e. The molecule has 4 rings (SSSR count). The molecule has 2 amide bonds. The van der Waals surface area contributed by atoms with E-state index in [9.17, 15) is 23.2 Å². The standard InChI is InChI=1S/C25H38N4O5S/c1-18-15-19(2)17-29(16-18)23(30)20-7-13-28(14-8-20)21-3-5-22(6-4-21)35(33,34)25(24(31)27-32)9-11-26-12-10-25/h3-6,18-20,26,32H,7-17H2,1-2H3,(H,27,31)/t18-,19+. The Morgan fingerprint density at radius 3 is 2.14 bits per heavy atom. The van der Waals surface area contributed by atoms with Crippen LogP contribution in [0.5, 0.6) is 0 Å². The second kappa shape index (κ2) is 10.4. The molecule has 3 saturated heterocycles. The van der Waals surface area contributed by atoms with E-state index in [1.165, 1.54) is 6.42 Å². The Hall–Kier alpha value is -2.17. The molecule has 2 atom stereocenters. The van der Waals surface area contributed by atoms with Crippen LogP contribution >= 0.6 is 0 Å². The van der Waals surface area contributed by atoms with E-state index in [4.69, 9.17) is 0 Å². The van der Waals surface area contributed by atoms with Crippen LogP contribution in [-0.4, -0.2) is 74.4 Å². The fraction of sp³-hybridized carbons (Fsp3) is 0.680. The molecule has 3 heterocycles. The number of benzene rings is 1. The van der Waals surface area contributed by atoms with Gasteiger partial charge in [-0.25, -0.2) is 13.9 Å². The van der Waals surface area contributed by atoms with Crippen molar-refractivity contribution in [3.8, 4) is 0 Å². The molecule has 0 unspecified atom stereocenters. The van der Waals surface area contributed by atoms with Crippen LogP contribution in [0.15, 0.2) is 29.2 Å². The van der Waals surface area contributed by atoms with Crippen molar-refractivity contribution in [3.63, 3.8) is 0 Å². The van der Waals surface area contributed by atoms with Crippen LogP contribution in [0.3, 0.4) is 0 Å². The zero-order chi connectivity index (χ0) is 25.2. The minimum absolute atomic E-state index is 0.0418. The first-order valence-electron chi connectivity index (χ1n) is 12.7. The van der Waals surface area contributed by atoms with Crippen molar-refractivity contribution in [3.05, 3.63) is 24.3 Å². The van der Waals surface area contributed by atoms with Gasteiger partial charge in [0.2, 0.25) is 5.91 Å². The van der Waals surface area contributed by atoms with Crippen LogP contribution in [0.1, 0.15) is 46.0 Å². The number of anilines is 1. The number of carbonyl (C=O) groups is 2. The van der Waals surface area contributed by atoms with Gasteiger partial charge in [-0.1, -0.05) is 13.8 Å². The lowest BCUT2D eigenvalue weighted by Crippen LogP contribution is -2.57. The Bertz CT molecular complexity index is 1000. The van der Waals surface area contributed by atoms with Gasteiger partial charge in [-0.3, -0.25) is 14.8 Å². The Balaban J connectivity index is 1.41. The molecule has 0 radical (unpaired) electrons. The summed E-state index contributed by atoms with van der Waals surface area (Å²) in [7, 11) is -4.00. The highest BCUT2D eigenvalue weighted by Crippen LogP contribution is 2.35. The van der Waals surface area contributed by atoms with Crippen LogP contribution in [0.25, 0.3) is 0 Å². The highest BCUT2D eigenvalue weighted by atomic mass is 32.2. The highest BCUT2D eigenvalue weighted by molar-refractivity contribution is 7.93. The topological polar surface area (TPSA) is 119 Å². The molecule has 3 aliphatic rings. The first kappa shape index (κ1) is 25.9. The maximum absolute atomic E-state index is 13.5. The number of nitrogens with zero attached hydrogens (tertiary/aromatic N) is 2. The summed E-state index contributed by atoms with van der Waals surface area (Å²) < 4.78 is 25.2. The molecule has 1 aromatic carbocycles. The lowest BCUT2D eigenvalue weighted by Gasteiger charge is -2.39. The molecule has 3 N–H and O–H groups in total. The lowest BCUT2D eigenvalue weighted by atomic mass is 9.89. The first-order chi connectivity index (χ1) is 16.7. The van der Waals surface area contributed by atoms with E-state index in [-0.39, 0.29) is 29.6 Å².